The van der Waals surface area contributed by atoms with Gasteiger partial charge in [-0.15, -0.1) is 0 Å². The van der Waals surface area contributed by atoms with E-state index in [9.17, 15) is 18.0 Å². The van der Waals surface area contributed by atoms with E-state index in [1.165, 1.54) is 0 Å². The molecule has 3 N–H and O–H groups in total. The zero-order chi connectivity index (χ0) is 12.7. The number of hydrogen-bond acceptors (Lipinski definition) is 3. The highest BCUT2D eigenvalue weighted by atomic mass is 19.2. The average molecular weight is 236 g/mol. The Morgan fingerprint density at radius 1 is 1.25 bits per heavy atom. The molecule has 0 aliphatic heterocycles. The summed E-state index contributed by atoms with van der Waals surface area (Å²) in [6, 6.07) is 0.224. The first-order valence-corrected chi connectivity index (χ1v) is 4.02. The summed E-state index contributed by atoms with van der Waals surface area (Å²) in [6.45, 7) is 0.925. The molecular formula is C9H7F3O4. The van der Waals surface area contributed by atoms with Gasteiger partial charge in [0.1, 0.15) is 5.82 Å². The number of carboxylic acids is 1. The molecule has 0 bridgehead atoms. The molecule has 1 aromatic carbocycles. The first kappa shape index (κ1) is 12.5. The lowest BCUT2D eigenvalue weighted by Crippen LogP contribution is -2.36. The van der Waals surface area contributed by atoms with Gasteiger partial charge in [-0.25, -0.2) is 18.0 Å². The van der Waals surface area contributed by atoms with Crippen LogP contribution in [-0.4, -0.2) is 21.3 Å². The number of hydrogen-bond donors (Lipinski definition) is 3. The Hall–Kier alpha value is -1.60. The SMILES string of the molecule is Cc1c(F)cc(C(O)(O)C(=O)O)c(F)c1F. The number of rotatable bonds is 2. The Balaban J connectivity index is 3.54. The predicted molar refractivity (Wildman–Crippen MR) is 44.8 cm³/mol. The fourth-order valence-electron chi connectivity index (χ4n) is 1.05. The number of benzene rings is 1. The van der Waals surface area contributed by atoms with Crippen LogP contribution in [0.5, 0.6) is 0 Å². The highest BCUT2D eigenvalue weighted by molar-refractivity contribution is 5.77. The van der Waals surface area contributed by atoms with Crippen LogP contribution in [0.4, 0.5) is 13.2 Å². The van der Waals surface area contributed by atoms with Crippen molar-refractivity contribution in [2.24, 2.45) is 0 Å². The van der Waals surface area contributed by atoms with Gasteiger partial charge < -0.3 is 15.3 Å². The van der Waals surface area contributed by atoms with Crippen LogP contribution in [0, 0.1) is 24.4 Å². The van der Waals surface area contributed by atoms with Gasteiger partial charge in [-0.1, -0.05) is 0 Å². The van der Waals surface area contributed by atoms with Crippen LogP contribution >= 0.6 is 0 Å². The van der Waals surface area contributed by atoms with Crippen LogP contribution in [0.1, 0.15) is 11.1 Å². The van der Waals surface area contributed by atoms with Crippen molar-refractivity contribution in [3.63, 3.8) is 0 Å². The van der Waals surface area contributed by atoms with Crippen molar-refractivity contribution < 1.29 is 33.3 Å². The molecule has 0 atom stereocenters. The molecule has 0 heterocycles. The molecule has 0 spiro atoms. The smallest absolute Gasteiger partial charge is 0.369 e. The molecule has 0 amide bonds. The lowest BCUT2D eigenvalue weighted by molar-refractivity contribution is -0.209. The van der Waals surface area contributed by atoms with E-state index in [4.69, 9.17) is 15.3 Å². The van der Waals surface area contributed by atoms with Crippen molar-refractivity contribution in [2.45, 2.75) is 12.7 Å². The number of aliphatic hydroxyl groups is 2. The van der Waals surface area contributed by atoms with Gasteiger partial charge in [-0.2, -0.15) is 0 Å². The monoisotopic (exact) mass is 236 g/mol. The van der Waals surface area contributed by atoms with Crippen molar-refractivity contribution in [1.82, 2.24) is 0 Å². The quantitative estimate of drug-likeness (QED) is 0.520. The topological polar surface area (TPSA) is 77.8 Å². The molecule has 0 unspecified atom stereocenters. The van der Waals surface area contributed by atoms with E-state index >= 15 is 0 Å². The molecule has 7 heteroatoms. The summed E-state index contributed by atoms with van der Waals surface area (Å²) in [5.41, 5.74) is -2.07. The summed E-state index contributed by atoms with van der Waals surface area (Å²) >= 11 is 0. The van der Waals surface area contributed by atoms with E-state index in [0.717, 1.165) is 6.92 Å². The van der Waals surface area contributed by atoms with Crippen molar-refractivity contribution in [3.05, 3.63) is 34.6 Å². The Kier molecular flexibility index (Phi) is 2.93. The number of aliphatic carboxylic acids is 1. The summed E-state index contributed by atoms with van der Waals surface area (Å²) < 4.78 is 39.2. The molecule has 0 saturated carbocycles. The molecule has 0 aromatic heterocycles. The van der Waals surface area contributed by atoms with Crippen LogP contribution < -0.4 is 0 Å². The van der Waals surface area contributed by atoms with Crippen LogP contribution in [-0.2, 0) is 10.6 Å². The first-order chi connectivity index (χ1) is 7.19. The Morgan fingerprint density at radius 3 is 2.19 bits per heavy atom. The van der Waals surface area contributed by atoms with E-state index in [-0.39, 0.29) is 6.07 Å². The van der Waals surface area contributed by atoms with Gasteiger partial charge in [0.2, 0.25) is 0 Å². The second-order valence-corrected chi connectivity index (χ2v) is 3.14. The number of halogens is 3. The third kappa shape index (κ3) is 1.74. The summed E-state index contributed by atoms with van der Waals surface area (Å²) in [5.74, 6) is -10.7. The maximum absolute atomic E-state index is 13.2. The second kappa shape index (κ2) is 3.76. The second-order valence-electron chi connectivity index (χ2n) is 3.14. The summed E-state index contributed by atoms with van der Waals surface area (Å²) in [7, 11) is 0. The summed E-state index contributed by atoms with van der Waals surface area (Å²) in [5, 5.41) is 26.3. The van der Waals surface area contributed by atoms with Crippen LogP contribution in [0.15, 0.2) is 6.07 Å². The van der Waals surface area contributed by atoms with E-state index in [0.29, 0.717) is 0 Å². The lowest BCUT2D eigenvalue weighted by Gasteiger charge is -2.18. The minimum atomic E-state index is -3.68. The molecule has 88 valence electrons. The van der Waals surface area contributed by atoms with Gasteiger partial charge in [-0.05, 0) is 13.0 Å². The molecule has 1 aromatic rings. The van der Waals surface area contributed by atoms with Crippen LogP contribution in [0.25, 0.3) is 0 Å². The zero-order valence-electron chi connectivity index (χ0n) is 7.96. The van der Waals surface area contributed by atoms with Gasteiger partial charge in [0.15, 0.2) is 11.6 Å². The zero-order valence-corrected chi connectivity index (χ0v) is 7.96. The van der Waals surface area contributed by atoms with E-state index in [1.54, 1.807) is 0 Å². The molecular weight excluding hydrogens is 229 g/mol. The molecule has 0 radical (unpaired) electrons. The number of carboxylic acid groups (broad SMARTS) is 1. The molecule has 4 nitrogen and oxygen atoms in total. The van der Waals surface area contributed by atoms with Gasteiger partial charge >= 0.3 is 5.97 Å². The third-order valence-corrected chi connectivity index (χ3v) is 2.06. The van der Waals surface area contributed by atoms with Crippen molar-refractivity contribution in [1.29, 1.82) is 0 Å². The fourth-order valence-corrected chi connectivity index (χ4v) is 1.05. The minimum Gasteiger partial charge on any atom is -0.477 e. The summed E-state index contributed by atoms with van der Waals surface area (Å²) in [6.07, 6.45) is 0. The Bertz CT molecular complexity index is 457. The summed E-state index contributed by atoms with van der Waals surface area (Å²) in [4.78, 5) is 10.4. The van der Waals surface area contributed by atoms with E-state index in [2.05, 4.69) is 0 Å². The molecule has 16 heavy (non-hydrogen) atoms. The van der Waals surface area contributed by atoms with Crippen molar-refractivity contribution in [3.8, 4) is 0 Å². The Labute approximate surface area is 87.6 Å². The first-order valence-electron chi connectivity index (χ1n) is 4.02. The number of carbonyl (C=O) groups is 1. The maximum atomic E-state index is 13.2. The van der Waals surface area contributed by atoms with E-state index < -0.39 is 40.3 Å². The largest absolute Gasteiger partial charge is 0.477 e. The van der Waals surface area contributed by atoms with Crippen molar-refractivity contribution >= 4 is 5.97 Å². The standard InChI is InChI=1S/C9H7F3O4/c1-3-5(10)2-4(7(12)6(3)11)9(15,16)8(13)14/h2,15-16H,1H3,(H,13,14). The maximum Gasteiger partial charge on any atom is 0.369 e. The lowest BCUT2D eigenvalue weighted by atomic mass is 10.0. The minimum absolute atomic E-state index is 0.224. The molecule has 0 aliphatic rings. The molecule has 1 rings (SSSR count). The molecule has 0 fully saturated rings. The average Bonchev–Trinajstić information content (AvgIpc) is 2.19. The third-order valence-electron chi connectivity index (χ3n) is 2.06. The Morgan fingerprint density at radius 2 is 1.75 bits per heavy atom. The van der Waals surface area contributed by atoms with Gasteiger partial charge in [0, 0.05) is 5.56 Å². The van der Waals surface area contributed by atoms with Crippen molar-refractivity contribution in [2.75, 3.05) is 0 Å². The highest BCUT2D eigenvalue weighted by Gasteiger charge is 2.40. The molecule has 0 aliphatic carbocycles. The van der Waals surface area contributed by atoms with E-state index in [1.807, 2.05) is 0 Å². The van der Waals surface area contributed by atoms with Crippen LogP contribution in [0.3, 0.4) is 0 Å². The fraction of sp³-hybridized carbons (Fsp3) is 0.222. The normalized spacial score (nSPS) is 11.6. The predicted octanol–water partition coefficient (Wildman–Crippen LogP) is 0.634. The van der Waals surface area contributed by atoms with Gasteiger partial charge in [0.25, 0.3) is 5.79 Å². The highest BCUT2D eigenvalue weighted by Crippen LogP contribution is 2.26. The molecule has 0 saturated heterocycles. The van der Waals surface area contributed by atoms with Gasteiger partial charge in [-0.3, -0.25) is 0 Å². The van der Waals surface area contributed by atoms with Crippen LogP contribution in [0.2, 0.25) is 0 Å². The van der Waals surface area contributed by atoms with Gasteiger partial charge in [0.05, 0.1) is 5.56 Å².